The molecule has 4 nitrogen and oxygen atoms in total. The van der Waals surface area contributed by atoms with Crippen LogP contribution in [0.15, 0.2) is 42.5 Å². The molecule has 2 rings (SSSR count). The van der Waals surface area contributed by atoms with Gasteiger partial charge in [-0.15, -0.1) is 0 Å². The number of amides is 1. The van der Waals surface area contributed by atoms with Crippen LogP contribution in [0.4, 0.5) is 5.69 Å². The minimum atomic E-state index is -0.117. The lowest BCUT2D eigenvalue weighted by molar-refractivity contribution is -0.116. The van der Waals surface area contributed by atoms with Crippen LogP contribution in [0.3, 0.4) is 0 Å². The van der Waals surface area contributed by atoms with Crippen molar-refractivity contribution in [2.75, 3.05) is 11.9 Å². The van der Waals surface area contributed by atoms with Gasteiger partial charge in [-0.25, -0.2) is 0 Å². The van der Waals surface area contributed by atoms with Crippen LogP contribution in [-0.2, 0) is 4.79 Å². The van der Waals surface area contributed by atoms with E-state index in [4.69, 9.17) is 10.00 Å². The molecule has 0 spiro atoms. The second-order valence-corrected chi connectivity index (χ2v) is 5.16. The fraction of sp³-hybridized carbons (Fsp3) is 0.222. The molecule has 0 aliphatic heterocycles. The number of nitriles is 1. The topological polar surface area (TPSA) is 62.1 Å². The first-order chi connectivity index (χ1) is 10.6. The average Bonchev–Trinajstić information content (AvgIpc) is 2.47. The smallest absolute Gasteiger partial charge is 0.227 e. The minimum absolute atomic E-state index is 0.117. The quantitative estimate of drug-likeness (QED) is 0.916. The maximum atomic E-state index is 11.8. The summed E-state index contributed by atoms with van der Waals surface area (Å²) in [6.45, 7) is 4.35. The molecule has 0 aromatic heterocycles. The Kier molecular flexibility index (Phi) is 5.16. The molecule has 0 atom stereocenters. The van der Waals surface area contributed by atoms with Gasteiger partial charge in [0.05, 0.1) is 24.7 Å². The zero-order valence-electron chi connectivity index (χ0n) is 12.7. The number of carbonyl (C=O) groups excluding carboxylic acids is 1. The molecule has 0 radical (unpaired) electrons. The third-order valence-electron chi connectivity index (χ3n) is 3.09. The van der Waals surface area contributed by atoms with E-state index in [0.29, 0.717) is 17.9 Å². The fourth-order valence-electron chi connectivity index (χ4n) is 2.13. The standard InChI is InChI=1S/C18H18N2O2/c1-13-9-14(2)11-17(10-13)22-8-7-18(21)20-16-5-3-15(12-19)4-6-16/h3-6,9-11H,7-8H2,1-2H3,(H,20,21). The molecule has 0 bridgehead atoms. The molecular formula is C18H18N2O2. The van der Waals surface area contributed by atoms with E-state index in [0.717, 1.165) is 16.9 Å². The van der Waals surface area contributed by atoms with E-state index in [1.54, 1.807) is 24.3 Å². The van der Waals surface area contributed by atoms with Gasteiger partial charge in [0.1, 0.15) is 5.75 Å². The van der Waals surface area contributed by atoms with Crippen LogP contribution in [0.25, 0.3) is 0 Å². The number of hydrogen-bond donors (Lipinski definition) is 1. The number of rotatable bonds is 5. The molecule has 0 aliphatic carbocycles. The highest BCUT2D eigenvalue weighted by Gasteiger charge is 2.04. The Morgan fingerprint density at radius 3 is 2.36 bits per heavy atom. The van der Waals surface area contributed by atoms with Gasteiger partial charge in [0.25, 0.3) is 0 Å². The Morgan fingerprint density at radius 2 is 1.77 bits per heavy atom. The molecule has 0 saturated carbocycles. The maximum absolute atomic E-state index is 11.8. The lowest BCUT2D eigenvalue weighted by atomic mass is 10.1. The van der Waals surface area contributed by atoms with Crippen LogP contribution in [0.2, 0.25) is 0 Å². The van der Waals surface area contributed by atoms with E-state index in [-0.39, 0.29) is 12.3 Å². The fourth-order valence-corrected chi connectivity index (χ4v) is 2.13. The first-order valence-electron chi connectivity index (χ1n) is 7.08. The number of carbonyl (C=O) groups is 1. The molecule has 0 fully saturated rings. The first kappa shape index (κ1) is 15.6. The van der Waals surface area contributed by atoms with Crippen LogP contribution in [0.5, 0.6) is 5.75 Å². The summed E-state index contributed by atoms with van der Waals surface area (Å²) in [6, 6.07) is 14.8. The zero-order valence-corrected chi connectivity index (χ0v) is 12.7. The summed E-state index contributed by atoms with van der Waals surface area (Å²) in [7, 11) is 0. The monoisotopic (exact) mass is 294 g/mol. The number of hydrogen-bond acceptors (Lipinski definition) is 3. The van der Waals surface area contributed by atoms with Crippen molar-refractivity contribution in [2.24, 2.45) is 0 Å². The Labute approximate surface area is 130 Å². The second kappa shape index (κ2) is 7.28. The minimum Gasteiger partial charge on any atom is -0.493 e. The van der Waals surface area contributed by atoms with Crippen molar-refractivity contribution in [3.8, 4) is 11.8 Å². The SMILES string of the molecule is Cc1cc(C)cc(OCCC(=O)Nc2ccc(C#N)cc2)c1. The highest BCUT2D eigenvalue weighted by atomic mass is 16.5. The van der Waals surface area contributed by atoms with Crippen LogP contribution >= 0.6 is 0 Å². The second-order valence-electron chi connectivity index (χ2n) is 5.16. The number of anilines is 1. The van der Waals surface area contributed by atoms with Crippen molar-refractivity contribution < 1.29 is 9.53 Å². The van der Waals surface area contributed by atoms with Crippen LogP contribution in [0, 0.1) is 25.2 Å². The van der Waals surface area contributed by atoms with E-state index in [1.807, 2.05) is 32.0 Å². The summed E-state index contributed by atoms with van der Waals surface area (Å²) in [5.41, 5.74) is 3.51. The van der Waals surface area contributed by atoms with E-state index in [9.17, 15) is 4.79 Å². The third kappa shape index (κ3) is 4.64. The Balaban J connectivity index is 1.81. The van der Waals surface area contributed by atoms with Gasteiger partial charge in [-0.05, 0) is 61.4 Å². The van der Waals surface area contributed by atoms with Crippen molar-refractivity contribution in [1.29, 1.82) is 5.26 Å². The highest BCUT2D eigenvalue weighted by molar-refractivity contribution is 5.90. The third-order valence-corrected chi connectivity index (χ3v) is 3.09. The van der Waals surface area contributed by atoms with Crippen molar-refractivity contribution >= 4 is 11.6 Å². The maximum Gasteiger partial charge on any atom is 0.227 e. The number of ether oxygens (including phenoxy) is 1. The number of aryl methyl sites for hydroxylation is 2. The summed E-state index contributed by atoms with van der Waals surface area (Å²) in [4.78, 5) is 11.8. The van der Waals surface area contributed by atoms with E-state index in [1.165, 1.54) is 0 Å². The first-order valence-corrected chi connectivity index (χ1v) is 7.08. The van der Waals surface area contributed by atoms with Crippen molar-refractivity contribution in [2.45, 2.75) is 20.3 Å². The van der Waals surface area contributed by atoms with Gasteiger partial charge in [-0.1, -0.05) is 6.07 Å². The molecule has 4 heteroatoms. The lowest BCUT2D eigenvalue weighted by Gasteiger charge is -2.09. The lowest BCUT2D eigenvalue weighted by Crippen LogP contribution is -2.15. The molecule has 2 aromatic carbocycles. The normalized spacial score (nSPS) is 9.86. The van der Waals surface area contributed by atoms with E-state index in [2.05, 4.69) is 11.4 Å². The number of nitrogens with zero attached hydrogens (tertiary/aromatic N) is 1. The van der Waals surface area contributed by atoms with Crippen molar-refractivity contribution in [3.05, 3.63) is 59.2 Å². The largest absolute Gasteiger partial charge is 0.493 e. The van der Waals surface area contributed by atoms with Crippen molar-refractivity contribution in [1.82, 2.24) is 0 Å². The zero-order chi connectivity index (χ0) is 15.9. The molecular weight excluding hydrogens is 276 g/mol. The van der Waals surface area contributed by atoms with Crippen LogP contribution in [0.1, 0.15) is 23.1 Å². The predicted octanol–water partition coefficient (Wildman–Crippen LogP) is 3.58. The summed E-state index contributed by atoms with van der Waals surface area (Å²) >= 11 is 0. The Morgan fingerprint density at radius 1 is 1.14 bits per heavy atom. The van der Waals surface area contributed by atoms with Gasteiger partial charge < -0.3 is 10.1 Å². The van der Waals surface area contributed by atoms with Crippen LogP contribution in [-0.4, -0.2) is 12.5 Å². The molecule has 1 amide bonds. The van der Waals surface area contributed by atoms with E-state index < -0.39 is 0 Å². The molecule has 0 aliphatic rings. The summed E-state index contributed by atoms with van der Waals surface area (Å²) in [5, 5.41) is 11.5. The molecule has 112 valence electrons. The molecule has 0 saturated heterocycles. The molecule has 1 N–H and O–H groups in total. The van der Waals surface area contributed by atoms with Gasteiger partial charge in [-0.2, -0.15) is 5.26 Å². The molecule has 22 heavy (non-hydrogen) atoms. The molecule has 0 unspecified atom stereocenters. The van der Waals surface area contributed by atoms with E-state index >= 15 is 0 Å². The van der Waals surface area contributed by atoms with Gasteiger partial charge in [0.2, 0.25) is 5.91 Å². The predicted molar refractivity (Wildman–Crippen MR) is 85.8 cm³/mol. The number of benzene rings is 2. The van der Waals surface area contributed by atoms with Gasteiger partial charge in [0.15, 0.2) is 0 Å². The molecule has 0 heterocycles. The number of nitrogens with one attached hydrogen (secondary N) is 1. The van der Waals surface area contributed by atoms with Gasteiger partial charge >= 0.3 is 0 Å². The summed E-state index contributed by atoms with van der Waals surface area (Å²) in [5.74, 6) is 0.665. The molecule has 2 aromatic rings. The van der Waals surface area contributed by atoms with Gasteiger partial charge in [0, 0.05) is 5.69 Å². The van der Waals surface area contributed by atoms with Gasteiger partial charge in [-0.3, -0.25) is 4.79 Å². The Hall–Kier alpha value is -2.80. The summed E-state index contributed by atoms with van der Waals surface area (Å²) < 4.78 is 5.61. The highest BCUT2D eigenvalue weighted by Crippen LogP contribution is 2.16. The average molecular weight is 294 g/mol. The van der Waals surface area contributed by atoms with Crippen molar-refractivity contribution in [3.63, 3.8) is 0 Å². The Bertz CT molecular complexity index is 680. The summed E-state index contributed by atoms with van der Waals surface area (Å²) in [6.07, 6.45) is 0.271. The van der Waals surface area contributed by atoms with Crippen LogP contribution < -0.4 is 10.1 Å².